The SMILES string of the molecule is CCOc1ccccc1C(=O)NC1CCN(C(=O)C2CNNC2c2ccc(F)cc2)CC1. The Morgan fingerprint density at radius 2 is 1.84 bits per heavy atom. The van der Waals surface area contributed by atoms with Crippen LogP contribution in [-0.4, -0.2) is 49.0 Å². The van der Waals surface area contributed by atoms with Crippen LogP contribution >= 0.6 is 0 Å². The van der Waals surface area contributed by atoms with Crippen molar-refractivity contribution in [3.05, 3.63) is 65.5 Å². The molecule has 2 aromatic carbocycles. The molecule has 2 atom stereocenters. The Morgan fingerprint density at radius 1 is 1.12 bits per heavy atom. The molecular formula is C24H29FN4O3. The number of carbonyl (C=O) groups excluding carboxylic acids is 2. The number of halogens is 1. The van der Waals surface area contributed by atoms with Crippen LogP contribution in [0.25, 0.3) is 0 Å². The van der Waals surface area contributed by atoms with Gasteiger partial charge in [0.15, 0.2) is 0 Å². The molecule has 2 fully saturated rings. The summed E-state index contributed by atoms with van der Waals surface area (Å²) in [5.74, 6) is -0.0591. The summed E-state index contributed by atoms with van der Waals surface area (Å²) in [5, 5.41) is 3.09. The van der Waals surface area contributed by atoms with Gasteiger partial charge in [-0.25, -0.2) is 9.82 Å². The standard InChI is InChI=1S/C24H29FN4O3/c1-2-32-21-6-4-3-5-19(21)23(30)27-18-11-13-29(14-12-18)24(31)20-15-26-28-22(20)16-7-9-17(25)10-8-16/h3-10,18,20,22,26,28H,2,11-15H2,1H3,(H,27,30). The van der Waals surface area contributed by atoms with Crippen LogP contribution in [0.4, 0.5) is 4.39 Å². The number of ether oxygens (including phenoxy) is 1. The van der Waals surface area contributed by atoms with Crippen molar-refractivity contribution in [3.63, 3.8) is 0 Å². The predicted molar refractivity (Wildman–Crippen MR) is 118 cm³/mol. The summed E-state index contributed by atoms with van der Waals surface area (Å²) >= 11 is 0. The van der Waals surface area contributed by atoms with Gasteiger partial charge >= 0.3 is 0 Å². The Kier molecular flexibility index (Phi) is 7.02. The number of rotatable bonds is 6. The molecule has 0 spiro atoms. The number of hydrazine groups is 1. The molecule has 0 radical (unpaired) electrons. The first-order valence-electron chi connectivity index (χ1n) is 11.1. The third-order valence-corrected chi connectivity index (χ3v) is 6.10. The van der Waals surface area contributed by atoms with Crippen LogP contribution in [0.2, 0.25) is 0 Å². The highest BCUT2D eigenvalue weighted by Gasteiger charge is 2.37. The fourth-order valence-corrected chi connectivity index (χ4v) is 4.39. The van der Waals surface area contributed by atoms with Gasteiger partial charge in [0.05, 0.1) is 24.1 Å². The maximum atomic E-state index is 13.3. The third-order valence-electron chi connectivity index (χ3n) is 6.10. The molecule has 0 aromatic heterocycles. The molecule has 0 aliphatic carbocycles. The maximum absolute atomic E-state index is 13.3. The molecule has 2 unspecified atom stereocenters. The molecule has 0 saturated carbocycles. The largest absolute Gasteiger partial charge is 0.493 e. The first-order chi connectivity index (χ1) is 15.6. The van der Waals surface area contributed by atoms with E-state index >= 15 is 0 Å². The summed E-state index contributed by atoms with van der Waals surface area (Å²) in [5.41, 5.74) is 7.61. The zero-order valence-corrected chi connectivity index (χ0v) is 18.1. The van der Waals surface area contributed by atoms with Gasteiger partial charge < -0.3 is 15.0 Å². The van der Waals surface area contributed by atoms with Crippen molar-refractivity contribution in [2.75, 3.05) is 26.2 Å². The number of piperidine rings is 1. The molecule has 4 rings (SSSR count). The molecular weight excluding hydrogens is 411 g/mol. The number of nitrogens with zero attached hydrogens (tertiary/aromatic N) is 1. The number of carbonyl (C=O) groups is 2. The Balaban J connectivity index is 1.33. The van der Waals surface area contributed by atoms with E-state index in [2.05, 4.69) is 16.2 Å². The van der Waals surface area contributed by atoms with E-state index < -0.39 is 0 Å². The second-order valence-electron chi connectivity index (χ2n) is 8.16. The summed E-state index contributed by atoms with van der Waals surface area (Å²) in [4.78, 5) is 27.8. The lowest BCUT2D eigenvalue weighted by Gasteiger charge is -2.34. The number of likely N-dealkylation sites (tertiary alicyclic amines) is 1. The van der Waals surface area contributed by atoms with Crippen molar-refractivity contribution < 1.29 is 18.7 Å². The van der Waals surface area contributed by atoms with Crippen molar-refractivity contribution >= 4 is 11.8 Å². The second kappa shape index (κ2) is 10.1. The molecule has 3 N–H and O–H groups in total. The van der Waals surface area contributed by atoms with Gasteiger partial charge in [-0.15, -0.1) is 0 Å². The lowest BCUT2D eigenvalue weighted by Crippen LogP contribution is -2.49. The zero-order valence-electron chi connectivity index (χ0n) is 18.1. The van der Waals surface area contributed by atoms with E-state index in [1.807, 2.05) is 24.0 Å². The molecule has 8 heteroatoms. The van der Waals surface area contributed by atoms with Crippen LogP contribution in [0, 0.1) is 11.7 Å². The first-order valence-corrected chi connectivity index (χ1v) is 11.1. The summed E-state index contributed by atoms with van der Waals surface area (Å²) in [6.07, 6.45) is 1.39. The van der Waals surface area contributed by atoms with Gasteiger partial charge in [-0.05, 0) is 49.6 Å². The molecule has 0 bridgehead atoms. The summed E-state index contributed by atoms with van der Waals surface area (Å²) in [6, 6.07) is 13.3. The smallest absolute Gasteiger partial charge is 0.255 e. The van der Waals surface area contributed by atoms with E-state index in [-0.39, 0.29) is 35.6 Å². The quantitative estimate of drug-likeness (QED) is 0.643. The highest BCUT2D eigenvalue weighted by atomic mass is 19.1. The lowest BCUT2D eigenvalue weighted by atomic mass is 9.92. The van der Waals surface area contributed by atoms with Crippen molar-refractivity contribution in [1.29, 1.82) is 0 Å². The van der Waals surface area contributed by atoms with E-state index in [9.17, 15) is 14.0 Å². The minimum absolute atomic E-state index is 0.00829. The fraction of sp³-hybridized carbons (Fsp3) is 0.417. The van der Waals surface area contributed by atoms with E-state index in [4.69, 9.17) is 4.74 Å². The summed E-state index contributed by atoms with van der Waals surface area (Å²) in [6.45, 7) is 4.07. The third kappa shape index (κ3) is 4.92. The minimum Gasteiger partial charge on any atom is -0.493 e. The van der Waals surface area contributed by atoms with Gasteiger partial charge in [-0.1, -0.05) is 24.3 Å². The monoisotopic (exact) mass is 440 g/mol. The van der Waals surface area contributed by atoms with E-state index in [1.165, 1.54) is 12.1 Å². The maximum Gasteiger partial charge on any atom is 0.255 e. The van der Waals surface area contributed by atoms with Crippen molar-refractivity contribution in [3.8, 4) is 5.75 Å². The fourth-order valence-electron chi connectivity index (χ4n) is 4.39. The van der Waals surface area contributed by atoms with Crippen LogP contribution < -0.4 is 20.9 Å². The molecule has 2 saturated heterocycles. The Labute approximate surface area is 187 Å². The number of benzene rings is 2. The molecule has 2 aliphatic rings. The molecule has 2 amide bonds. The van der Waals surface area contributed by atoms with Crippen molar-refractivity contribution in [2.45, 2.75) is 31.8 Å². The number of hydrogen-bond donors (Lipinski definition) is 3. The normalized spacial score (nSPS) is 21.4. The van der Waals surface area contributed by atoms with E-state index in [0.29, 0.717) is 50.4 Å². The van der Waals surface area contributed by atoms with Gasteiger partial charge in [0.1, 0.15) is 11.6 Å². The Hall–Kier alpha value is -2.97. The van der Waals surface area contributed by atoms with E-state index in [0.717, 1.165) is 5.56 Å². The van der Waals surface area contributed by atoms with Gasteiger partial charge in [0, 0.05) is 25.7 Å². The predicted octanol–water partition coefficient (Wildman–Crippen LogP) is 2.41. The molecule has 170 valence electrons. The van der Waals surface area contributed by atoms with Crippen LogP contribution in [0.1, 0.15) is 41.7 Å². The number of hydrogen-bond acceptors (Lipinski definition) is 5. The Morgan fingerprint density at radius 3 is 2.56 bits per heavy atom. The van der Waals surface area contributed by atoms with Crippen LogP contribution in [0.3, 0.4) is 0 Å². The highest BCUT2D eigenvalue weighted by Crippen LogP contribution is 2.28. The minimum atomic E-state index is -0.296. The second-order valence-corrected chi connectivity index (χ2v) is 8.16. The van der Waals surface area contributed by atoms with E-state index in [1.54, 1.807) is 24.3 Å². The lowest BCUT2D eigenvalue weighted by molar-refractivity contribution is -0.136. The number of para-hydroxylation sites is 1. The van der Waals surface area contributed by atoms with Crippen molar-refractivity contribution in [2.24, 2.45) is 5.92 Å². The van der Waals surface area contributed by atoms with Gasteiger partial charge in [-0.3, -0.25) is 15.0 Å². The highest BCUT2D eigenvalue weighted by molar-refractivity contribution is 5.97. The number of nitrogens with one attached hydrogen (secondary N) is 3. The number of amides is 2. The van der Waals surface area contributed by atoms with Gasteiger partial charge in [0.25, 0.3) is 5.91 Å². The summed E-state index contributed by atoms with van der Waals surface area (Å²) in [7, 11) is 0. The molecule has 2 aromatic rings. The summed E-state index contributed by atoms with van der Waals surface area (Å²) < 4.78 is 18.8. The average molecular weight is 441 g/mol. The molecule has 7 nitrogen and oxygen atoms in total. The zero-order chi connectivity index (χ0) is 22.5. The average Bonchev–Trinajstić information content (AvgIpc) is 3.30. The van der Waals surface area contributed by atoms with Crippen molar-refractivity contribution in [1.82, 2.24) is 21.1 Å². The van der Waals surface area contributed by atoms with Gasteiger partial charge in [-0.2, -0.15) is 0 Å². The van der Waals surface area contributed by atoms with Gasteiger partial charge in [0.2, 0.25) is 5.91 Å². The Bertz CT molecular complexity index is 945. The topological polar surface area (TPSA) is 82.7 Å². The molecule has 2 heterocycles. The molecule has 2 aliphatic heterocycles. The van der Waals surface area contributed by atoms with Crippen LogP contribution in [0.15, 0.2) is 48.5 Å². The van der Waals surface area contributed by atoms with Crippen LogP contribution in [-0.2, 0) is 4.79 Å². The van der Waals surface area contributed by atoms with Crippen LogP contribution in [0.5, 0.6) is 5.75 Å². The molecule has 32 heavy (non-hydrogen) atoms. The first kappa shape index (κ1) is 22.2.